The third-order valence-corrected chi connectivity index (χ3v) is 18.0. The standard InChI is InChI=1S/C29H40N2O6Si2/c1-28(2,3)38(7,8)36-15-17(16-37-39(9,10)29(4,5)6)31-26(34)20-13-11-18-22-19(25(33)30-24(18)32)12-14-21(23(20)22)27(31)35/h11-14,17H,15-16H2,1-10H3,(H,30,32,33). The Morgan fingerprint density at radius 3 is 1.36 bits per heavy atom. The van der Waals surface area contributed by atoms with Crippen LogP contribution in [0.2, 0.25) is 36.3 Å². The maximum absolute atomic E-state index is 14.0. The minimum absolute atomic E-state index is 0.0559. The number of nitrogens with zero attached hydrogens (tertiary/aromatic N) is 1. The summed E-state index contributed by atoms with van der Waals surface area (Å²) in [5.74, 6) is -2.03. The predicted octanol–water partition coefficient (Wildman–Crippen LogP) is 5.73. The Balaban J connectivity index is 1.78. The number of imide groups is 2. The van der Waals surface area contributed by atoms with E-state index in [-0.39, 0.29) is 45.5 Å². The Bertz CT molecular complexity index is 1300. The largest absolute Gasteiger partial charge is 0.415 e. The van der Waals surface area contributed by atoms with Gasteiger partial charge in [-0.05, 0) is 60.5 Å². The number of hydrogen-bond donors (Lipinski definition) is 1. The van der Waals surface area contributed by atoms with Crippen LogP contribution in [0.3, 0.4) is 0 Å². The van der Waals surface area contributed by atoms with Crippen molar-refractivity contribution in [2.75, 3.05) is 13.2 Å². The van der Waals surface area contributed by atoms with Crippen LogP contribution < -0.4 is 5.32 Å². The molecule has 0 unspecified atom stereocenters. The summed E-state index contributed by atoms with van der Waals surface area (Å²) in [6.45, 7) is 21.7. The van der Waals surface area contributed by atoms with Gasteiger partial charge in [0, 0.05) is 33.0 Å². The quantitative estimate of drug-likeness (QED) is 0.338. The van der Waals surface area contributed by atoms with Crippen LogP contribution in [0.25, 0.3) is 10.8 Å². The van der Waals surface area contributed by atoms with E-state index in [1.807, 2.05) is 0 Å². The number of nitrogens with one attached hydrogen (secondary N) is 1. The van der Waals surface area contributed by atoms with Crippen molar-refractivity contribution in [1.29, 1.82) is 0 Å². The minimum Gasteiger partial charge on any atom is -0.415 e. The topological polar surface area (TPSA) is 102 Å². The van der Waals surface area contributed by atoms with Gasteiger partial charge in [0.2, 0.25) is 0 Å². The lowest BCUT2D eigenvalue weighted by molar-refractivity contribution is 0.0395. The maximum atomic E-state index is 14.0. The summed E-state index contributed by atoms with van der Waals surface area (Å²) in [5, 5.41) is 2.92. The van der Waals surface area contributed by atoms with Crippen molar-refractivity contribution in [3.05, 3.63) is 46.5 Å². The second-order valence-electron chi connectivity index (χ2n) is 13.6. The number of carbonyl (C=O) groups excluding carboxylic acids is 4. The van der Waals surface area contributed by atoms with E-state index in [0.29, 0.717) is 10.8 Å². The molecule has 2 aliphatic rings. The normalized spacial score (nSPS) is 16.4. The molecular weight excluding hydrogens is 528 g/mol. The zero-order valence-electron chi connectivity index (χ0n) is 24.7. The smallest absolute Gasteiger partial charge is 0.261 e. The molecule has 10 heteroatoms. The van der Waals surface area contributed by atoms with E-state index < -0.39 is 46.3 Å². The van der Waals surface area contributed by atoms with Gasteiger partial charge in [-0.1, -0.05) is 41.5 Å². The van der Waals surface area contributed by atoms with Gasteiger partial charge in [-0.3, -0.25) is 29.4 Å². The van der Waals surface area contributed by atoms with Crippen molar-refractivity contribution >= 4 is 51.0 Å². The lowest BCUT2D eigenvalue weighted by atomic mass is 9.86. The fourth-order valence-electron chi connectivity index (χ4n) is 4.39. The van der Waals surface area contributed by atoms with E-state index in [9.17, 15) is 19.2 Å². The Hall–Kier alpha value is -2.67. The van der Waals surface area contributed by atoms with Gasteiger partial charge in [0.15, 0.2) is 16.6 Å². The molecule has 0 fully saturated rings. The third kappa shape index (κ3) is 4.92. The van der Waals surface area contributed by atoms with Gasteiger partial charge in [-0.15, -0.1) is 0 Å². The molecule has 4 rings (SSSR count). The first kappa shape index (κ1) is 29.3. The summed E-state index contributed by atoms with van der Waals surface area (Å²) >= 11 is 0. The Labute approximate surface area is 232 Å². The molecule has 0 spiro atoms. The van der Waals surface area contributed by atoms with E-state index in [1.54, 1.807) is 24.3 Å². The fraction of sp³-hybridized carbons (Fsp3) is 0.517. The second kappa shape index (κ2) is 9.47. The molecule has 0 aliphatic carbocycles. The molecular formula is C29H40N2O6Si2. The molecule has 39 heavy (non-hydrogen) atoms. The van der Waals surface area contributed by atoms with Crippen LogP contribution in [0.4, 0.5) is 0 Å². The average molecular weight is 569 g/mol. The molecule has 4 amide bonds. The zero-order chi connectivity index (χ0) is 29.3. The maximum Gasteiger partial charge on any atom is 0.261 e. The van der Waals surface area contributed by atoms with E-state index in [1.165, 1.54) is 4.90 Å². The minimum atomic E-state index is -2.21. The van der Waals surface area contributed by atoms with Gasteiger partial charge in [0.1, 0.15) is 0 Å². The number of rotatable bonds is 7. The first-order valence-electron chi connectivity index (χ1n) is 13.4. The van der Waals surface area contributed by atoms with E-state index >= 15 is 0 Å². The molecule has 210 valence electrons. The van der Waals surface area contributed by atoms with Crippen molar-refractivity contribution in [2.24, 2.45) is 0 Å². The summed E-state index contributed by atoms with van der Waals surface area (Å²) in [4.78, 5) is 54.4. The molecule has 0 saturated carbocycles. The first-order valence-corrected chi connectivity index (χ1v) is 19.2. The summed E-state index contributed by atoms with van der Waals surface area (Å²) in [6, 6.07) is 5.59. The predicted molar refractivity (Wildman–Crippen MR) is 156 cm³/mol. The lowest BCUT2D eigenvalue weighted by Gasteiger charge is -2.42. The molecule has 0 aromatic heterocycles. The number of amides is 4. The third-order valence-electron chi connectivity index (χ3n) is 9.03. The van der Waals surface area contributed by atoms with E-state index in [2.05, 4.69) is 73.0 Å². The Morgan fingerprint density at radius 1 is 0.667 bits per heavy atom. The van der Waals surface area contributed by atoms with Gasteiger partial charge in [0.05, 0.1) is 19.3 Å². The van der Waals surface area contributed by atoms with Crippen molar-refractivity contribution in [2.45, 2.75) is 83.8 Å². The molecule has 8 nitrogen and oxygen atoms in total. The van der Waals surface area contributed by atoms with Gasteiger partial charge in [-0.2, -0.15) is 0 Å². The van der Waals surface area contributed by atoms with Crippen molar-refractivity contribution < 1.29 is 28.0 Å². The van der Waals surface area contributed by atoms with E-state index in [0.717, 1.165) is 0 Å². The molecule has 0 bridgehead atoms. The van der Waals surface area contributed by atoms with Crippen molar-refractivity contribution in [3.8, 4) is 0 Å². The van der Waals surface area contributed by atoms with Gasteiger partial charge in [0.25, 0.3) is 23.6 Å². The molecule has 1 N–H and O–H groups in total. The Morgan fingerprint density at radius 2 is 1.00 bits per heavy atom. The summed E-state index contributed by atoms with van der Waals surface area (Å²) in [7, 11) is -4.42. The lowest BCUT2D eigenvalue weighted by Crippen LogP contribution is -2.55. The van der Waals surface area contributed by atoms with Crippen molar-refractivity contribution in [3.63, 3.8) is 0 Å². The van der Waals surface area contributed by atoms with E-state index in [4.69, 9.17) is 8.85 Å². The SMILES string of the molecule is CC(C)(C)[Si](C)(C)OCC(CO[Si](C)(C)C(C)(C)C)N1C(=O)c2ccc3c4c(ccc(c24)C1=O)C(=O)NC3=O. The highest BCUT2D eigenvalue weighted by Crippen LogP contribution is 2.40. The molecule has 2 aromatic carbocycles. The second-order valence-corrected chi connectivity index (χ2v) is 23.2. The van der Waals surface area contributed by atoms with Crippen LogP contribution >= 0.6 is 0 Å². The van der Waals surface area contributed by atoms with Gasteiger partial charge < -0.3 is 8.85 Å². The summed E-state index contributed by atoms with van der Waals surface area (Å²) in [5.41, 5.74) is 1.13. The highest BCUT2D eigenvalue weighted by atomic mass is 28.4. The van der Waals surface area contributed by atoms with Crippen LogP contribution in [0, 0.1) is 0 Å². The fourth-order valence-corrected chi connectivity index (χ4v) is 6.47. The average Bonchev–Trinajstić information content (AvgIpc) is 2.80. The van der Waals surface area contributed by atoms with Crippen LogP contribution in [0.1, 0.15) is 83.0 Å². The molecule has 0 radical (unpaired) electrons. The van der Waals surface area contributed by atoms with Crippen LogP contribution in [-0.2, 0) is 8.85 Å². The molecule has 2 heterocycles. The zero-order valence-corrected chi connectivity index (χ0v) is 26.7. The summed E-state index contributed by atoms with van der Waals surface area (Å²) < 4.78 is 13.1. The Kier molecular flexibility index (Phi) is 7.12. The van der Waals surface area contributed by atoms with Crippen LogP contribution in [0.5, 0.6) is 0 Å². The molecule has 0 saturated heterocycles. The van der Waals surface area contributed by atoms with Gasteiger partial charge in [-0.25, -0.2) is 0 Å². The first-order chi connectivity index (χ1) is 17.8. The van der Waals surface area contributed by atoms with Gasteiger partial charge >= 0.3 is 0 Å². The molecule has 0 atom stereocenters. The van der Waals surface area contributed by atoms with Crippen molar-refractivity contribution in [1.82, 2.24) is 10.2 Å². The number of benzene rings is 2. The van der Waals surface area contributed by atoms with Crippen LogP contribution in [0.15, 0.2) is 24.3 Å². The highest BCUT2D eigenvalue weighted by Gasteiger charge is 2.44. The monoisotopic (exact) mass is 568 g/mol. The number of carbonyl (C=O) groups is 4. The number of hydrogen-bond acceptors (Lipinski definition) is 6. The van der Waals surface area contributed by atoms with Crippen LogP contribution in [-0.4, -0.2) is 64.4 Å². The molecule has 2 aromatic rings. The summed E-state index contributed by atoms with van der Waals surface area (Å²) in [6.07, 6.45) is 0. The molecule has 2 aliphatic heterocycles. The highest BCUT2D eigenvalue weighted by molar-refractivity contribution is 6.74.